The summed E-state index contributed by atoms with van der Waals surface area (Å²) < 4.78 is 4.01. The van der Waals surface area contributed by atoms with E-state index in [-0.39, 0.29) is 10.8 Å². The van der Waals surface area contributed by atoms with Gasteiger partial charge >= 0.3 is 0 Å². The molecule has 0 spiro atoms. The zero-order valence-electron chi connectivity index (χ0n) is 45.5. The number of aromatic nitrogens is 6. The lowest BCUT2D eigenvalue weighted by Crippen LogP contribution is -2.26. The molecule has 8 rings (SSSR count). The Morgan fingerprint density at radius 3 is 1.26 bits per heavy atom. The third-order valence-electron chi connectivity index (χ3n) is 17.2. The molecule has 0 bridgehead atoms. The number of rotatable bonds is 35. The first kappa shape index (κ1) is 53.5. The van der Waals surface area contributed by atoms with Crippen molar-refractivity contribution >= 4 is 0 Å². The first-order valence-electron chi connectivity index (χ1n) is 29.9. The van der Waals surface area contributed by atoms with Crippen LogP contribution in [0.1, 0.15) is 255 Å². The van der Waals surface area contributed by atoms with Gasteiger partial charge in [0.15, 0.2) is 0 Å². The fourth-order valence-electron chi connectivity index (χ4n) is 13.1. The number of hydrogen-bond donors (Lipinski definition) is 0. The number of unbranched alkanes of at least 4 members (excludes halogenated alkanes) is 24. The number of benzene rings is 4. The summed E-state index contributed by atoms with van der Waals surface area (Å²) in [5, 5.41) is 18.6. The average molecular weight is 970 g/mol. The summed E-state index contributed by atoms with van der Waals surface area (Å²) in [6.45, 7) is 9.28. The van der Waals surface area contributed by atoms with Crippen molar-refractivity contribution in [1.82, 2.24) is 30.0 Å². The van der Waals surface area contributed by atoms with Gasteiger partial charge in [0.25, 0.3) is 0 Å². The Kier molecular flexibility index (Phi) is 20.4. The van der Waals surface area contributed by atoms with Gasteiger partial charge in [0, 0.05) is 16.4 Å². The molecule has 0 unspecified atom stereocenters. The smallest absolute Gasteiger partial charge is 0.113 e. The van der Waals surface area contributed by atoms with E-state index in [0.29, 0.717) is 0 Å². The molecule has 0 aliphatic heterocycles. The van der Waals surface area contributed by atoms with Crippen molar-refractivity contribution in [2.45, 2.75) is 244 Å². The van der Waals surface area contributed by atoms with Crippen LogP contribution in [0.3, 0.4) is 0 Å². The van der Waals surface area contributed by atoms with E-state index in [4.69, 9.17) is 10.3 Å². The molecule has 0 saturated heterocycles. The Hall–Kier alpha value is -4.84. The SMILES string of the molecule is CCCCCCCCCCCCC1(CCCCCCCCCCCC)c2cc(-n3ccnn3)ccc2-c2ccc(-n3cc(-c4ccc5c(c4)C(CCCCCC)(CCCCCC)c4ccccc4-5)nn3)cc21. The van der Waals surface area contributed by atoms with Gasteiger partial charge in [-0.25, -0.2) is 9.36 Å². The zero-order chi connectivity index (χ0) is 49.9. The molecule has 0 atom stereocenters. The van der Waals surface area contributed by atoms with Gasteiger partial charge in [0.1, 0.15) is 5.69 Å². The molecule has 6 heteroatoms. The van der Waals surface area contributed by atoms with Gasteiger partial charge in [0.05, 0.1) is 30.0 Å². The Labute approximate surface area is 436 Å². The third kappa shape index (κ3) is 12.7. The fraction of sp³-hybridized carbons (Fsp3) is 0.576. The predicted octanol–water partition coefficient (Wildman–Crippen LogP) is 19.6. The predicted molar refractivity (Wildman–Crippen MR) is 305 cm³/mol. The maximum atomic E-state index is 4.98. The number of fused-ring (bicyclic) bond motifs is 6. The van der Waals surface area contributed by atoms with Gasteiger partial charge in [-0.15, -0.1) is 10.2 Å². The number of hydrogen-bond acceptors (Lipinski definition) is 4. The Morgan fingerprint density at radius 2 is 0.778 bits per heavy atom. The summed E-state index contributed by atoms with van der Waals surface area (Å²) in [6.07, 6.45) is 47.9. The lowest BCUT2D eigenvalue weighted by molar-refractivity contribution is 0.396. The molecular formula is C66H92N6. The standard InChI is InChI=1S/C66H92N6/c1-5-9-13-17-19-21-23-25-27-33-45-66(46-34-28-26-24-22-20-18-14-10-6-2)62-50-54(71-48-47-67-69-71)38-41-58(62)59-42-39-55(51-63(59)66)72-52-64(68-70-72)53-37-40-57-56-35-29-30-36-60(56)65(61(57)49-53,43-31-15-11-7-3)44-32-16-12-8-4/h29-30,35-42,47-52H,5-28,31-34,43-46H2,1-4H3. The Bertz CT molecular complexity index is 2490. The molecule has 0 fully saturated rings. The highest BCUT2D eigenvalue weighted by Gasteiger charge is 2.44. The van der Waals surface area contributed by atoms with Gasteiger partial charge in [-0.05, 0) is 101 Å². The van der Waals surface area contributed by atoms with Gasteiger partial charge in [0.2, 0.25) is 0 Å². The molecule has 0 saturated carbocycles. The monoisotopic (exact) mass is 969 g/mol. The maximum Gasteiger partial charge on any atom is 0.113 e. The summed E-state index contributed by atoms with van der Waals surface area (Å²) in [7, 11) is 0. The highest BCUT2D eigenvalue weighted by atomic mass is 15.4. The Balaban J connectivity index is 1.09. The molecule has 2 heterocycles. The first-order chi connectivity index (χ1) is 35.6. The van der Waals surface area contributed by atoms with Crippen molar-refractivity contribution in [2.24, 2.45) is 0 Å². The topological polar surface area (TPSA) is 61.4 Å². The largest absolute Gasteiger partial charge is 0.221 e. The summed E-state index contributed by atoms with van der Waals surface area (Å²) in [5.74, 6) is 0. The molecular weight excluding hydrogens is 877 g/mol. The molecule has 0 radical (unpaired) electrons. The molecule has 2 aliphatic carbocycles. The van der Waals surface area contributed by atoms with E-state index in [0.717, 1.165) is 29.9 Å². The lowest BCUT2D eigenvalue weighted by atomic mass is 9.70. The van der Waals surface area contributed by atoms with Crippen LogP contribution >= 0.6 is 0 Å². The fourth-order valence-corrected chi connectivity index (χ4v) is 13.1. The number of nitrogens with zero attached hydrogens (tertiary/aromatic N) is 6. The minimum absolute atomic E-state index is 0.0357. The van der Waals surface area contributed by atoms with E-state index in [1.54, 1.807) is 11.8 Å². The third-order valence-corrected chi connectivity index (χ3v) is 17.2. The van der Waals surface area contributed by atoms with Gasteiger partial charge < -0.3 is 0 Å². The van der Waals surface area contributed by atoms with E-state index >= 15 is 0 Å². The normalized spacial score (nSPS) is 13.9. The lowest BCUT2D eigenvalue weighted by Gasteiger charge is -2.33. The second kappa shape index (κ2) is 27.4. The molecule has 386 valence electrons. The van der Waals surface area contributed by atoms with Gasteiger partial charge in [-0.1, -0.05) is 266 Å². The van der Waals surface area contributed by atoms with Crippen LogP contribution < -0.4 is 0 Å². The quantitative estimate of drug-likeness (QED) is 0.0372. The summed E-state index contributed by atoms with van der Waals surface area (Å²) in [6, 6.07) is 30.8. The summed E-state index contributed by atoms with van der Waals surface area (Å²) in [4.78, 5) is 0. The van der Waals surface area contributed by atoms with E-state index in [1.807, 2.05) is 10.9 Å². The van der Waals surface area contributed by atoms with Crippen molar-refractivity contribution in [2.75, 3.05) is 0 Å². The molecule has 2 aromatic heterocycles. The minimum atomic E-state index is -0.0897. The minimum Gasteiger partial charge on any atom is -0.221 e. The van der Waals surface area contributed by atoms with E-state index in [9.17, 15) is 0 Å². The van der Waals surface area contributed by atoms with Crippen molar-refractivity contribution in [3.63, 3.8) is 0 Å². The second-order valence-corrected chi connectivity index (χ2v) is 22.3. The summed E-state index contributed by atoms with van der Waals surface area (Å²) >= 11 is 0. The van der Waals surface area contributed by atoms with Crippen LogP contribution in [0, 0.1) is 0 Å². The molecule has 4 aromatic carbocycles. The van der Waals surface area contributed by atoms with Crippen molar-refractivity contribution in [3.8, 4) is 44.9 Å². The molecule has 72 heavy (non-hydrogen) atoms. The molecule has 0 amide bonds. The van der Waals surface area contributed by atoms with Crippen molar-refractivity contribution in [1.29, 1.82) is 0 Å². The summed E-state index contributed by atoms with van der Waals surface area (Å²) in [5.41, 5.74) is 15.9. The van der Waals surface area contributed by atoms with Crippen LogP contribution in [0.5, 0.6) is 0 Å². The Morgan fingerprint density at radius 1 is 0.375 bits per heavy atom. The van der Waals surface area contributed by atoms with Crippen molar-refractivity contribution in [3.05, 3.63) is 120 Å². The van der Waals surface area contributed by atoms with Crippen LogP contribution in [-0.2, 0) is 10.8 Å². The highest BCUT2D eigenvalue weighted by molar-refractivity contribution is 5.84. The van der Waals surface area contributed by atoms with Gasteiger partial charge in [-0.2, -0.15) is 0 Å². The maximum absolute atomic E-state index is 4.98. The van der Waals surface area contributed by atoms with Gasteiger partial charge in [-0.3, -0.25) is 0 Å². The van der Waals surface area contributed by atoms with Crippen LogP contribution in [0.15, 0.2) is 97.5 Å². The van der Waals surface area contributed by atoms with Crippen LogP contribution in [0.25, 0.3) is 44.9 Å². The first-order valence-corrected chi connectivity index (χ1v) is 29.9. The molecule has 6 nitrogen and oxygen atoms in total. The molecule has 2 aliphatic rings. The van der Waals surface area contributed by atoms with Crippen molar-refractivity contribution < 1.29 is 0 Å². The van der Waals surface area contributed by atoms with E-state index < -0.39 is 0 Å². The molecule has 6 aromatic rings. The second-order valence-electron chi connectivity index (χ2n) is 22.3. The van der Waals surface area contributed by atoms with E-state index in [1.165, 1.54) is 237 Å². The van der Waals surface area contributed by atoms with Crippen LogP contribution in [0.4, 0.5) is 0 Å². The van der Waals surface area contributed by atoms with Crippen LogP contribution in [-0.4, -0.2) is 30.0 Å². The average Bonchev–Trinajstić information content (AvgIpc) is 4.23. The zero-order valence-corrected chi connectivity index (χ0v) is 45.5. The highest BCUT2D eigenvalue weighted by Crippen LogP contribution is 2.57. The molecule has 0 N–H and O–H groups in total. The van der Waals surface area contributed by atoms with E-state index in [2.05, 4.69) is 128 Å². The van der Waals surface area contributed by atoms with Crippen LogP contribution in [0.2, 0.25) is 0 Å².